The summed E-state index contributed by atoms with van der Waals surface area (Å²) in [6.45, 7) is 6.98. The van der Waals surface area contributed by atoms with E-state index in [1.165, 1.54) is 17.0 Å². The second kappa shape index (κ2) is 13.8. The molecule has 0 spiro atoms. The third kappa shape index (κ3) is 7.85. The maximum Gasteiger partial charge on any atom is 0.264 e. The normalized spacial score (nSPS) is 12.8. The van der Waals surface area contributed by atoms with Gasteiger partial charge in [-0.3, -0.25) is 13.9 Å². The third-order valence-electron chi connectivity index (χ3n) is 6.66. The Morgan fingerprint density at radius 3 is 2.23 bits per heavy atom. The van der Waals surface area contributed by atoms with Gasteiger partial charge in [0, 0.05) is 17.1 Å². The van der Waals surface area contributed by atoms with Crippen LogP contribution in [0.15, 0.2) is 82.2 Å². The minimum atomic E-state index is -4.12. The van der Waals surface area contributed by atoms with Crippen molar-refractivity contribution < 1.29 is 22.7 Å². The number of anilines is 1. The molecule has 0 aliphatic carbocycles. The number of hydrogen-bond acceptors (Lipinski definition) is 5. The number of ether oxygens (including phenoxy) is 1. The van der Waals surface area contributed by atoms with Crippen LogP contribution < -0.4 is 14.4 Å². The molecule has 0 aliphatic heterocycles. The van der Waals surface area contributed by atoms with Crippen LogP contribution in [-0.4, -0.2) is 50.9 Å². The average molecular weight is 631 g/mol. The molecule has 0 fully saturated rings. The van der Waals surface area contributed by atoms with Gasteiger partial charge in [0.1, 0.15) is 18.3 Å². The molecule has 0 radical (unpaired) electrons. The Labute approximate surface area is 245 Å². The standard InChI is InChI=1S/C30H36BrN3O5S/c1-6-22(3)32-30(36)23(4)33(19-24-12-14-27(39-5)15-13-24)29(35)20-34(26-9-7-8-25(31)18-26)40(37,38)28-16-10-21(2)11-17-28/h7-18,22-23H,6,19-20H2,1-5H3,(H,32,36). The Hall–Kier alpha value is -3.37. The zero-order valence-corrected chi connectivity index (χ0v) is 25.8. The zero-order chi connectivity index (χ0) is 29.4. The summed E-state index contributed by atoms with van der Waals surface area (Å²) < 4.78 is 34.7. The van der Waals surface area contributed by atoms with Gasteiger partial charge in [-0.05, 0) is 75.2 Å². The van der Waals surface area contributed by atoms with E-state index in [9.17, 15) is 18.0 Å². The summed E-state index contributed by atoms with van der Waals surface area (Å²) in [5.41, 5.74) is 2.01. The van der Waals surface area contributed by atoms with Crippen molar-refractivity contribution in [1.29, 1.82) is 0 Å². The minimum Gasteiger partial charge on any atom is -0.497 e. The highest BCUT2D eigenvalue weighted by Crippen LogP contribution is 2.27. The van der Waals surface area contributed by atoms with Gasteiger partial charge in [0.2, 0.25) is 11.8 Å². The molecule has 0 saturated heterocycles. The number of sulfonamides is 1. The van der Waals surface area contributed by atoms with Crippen molar-refractivity contribution in [3.8, 4) is 5.75 Å². The molecule has 2 amide bonds. The summed E-state index contributed by atoms with van der Waals surface area (Å²) in [6, 6.07) is 19.5. The quantitative estimate of drug-likeness (QED) is 0.294. The first-order chi connectivity index (χ1) is 19.0. The molecule has 2 atom stereocenters. The first-order valence-corrected chi connectivity index (χ1v) is 15.3. The van der Waals surface area contributed by atoms with Crippen LogP contribution in [0.5, 0.6) is 5.75 Å². The van der Waals surface area contributed by atoms with Crippen molar-refractivity contribution >= 4 is 43.5 Å². The molecular formula is C30H36BrN3O5S. The van der Waals surface area contributed by atoms with E-state index in [1.54, 1.807) is 62.6 Å². The van der Waals surface area contributed by atoms with E-state index in [2.05, 4.69) is 21.2 Å². The molecule has 1 N–H and O–H groups in total. The average Bonchev–Trinajstić information content (AvgIpc) is 2.94. The summed E-state index contributed by atoms with van der Waals surface area (Å²) in [7, 11) is -2.55. The lowest BCUT2D eigenvalue weighted by Crippen LogP contribution is -2.52. The molecule has 0 aromatic heterocycles. The van der Waals surface area contributed by atoms with Crippen molar-refractivity contribution in [1.82, 2.24) is 10.2 Å². The van der Waals surface area contributed by atoms with Crippen LogP contribution in [0.25, 0.3) is 0 Å². The fourth-order valence-corrected chi connectivity index (χ4v) is 5.77. The van der Waals surface area contributed by atoms with Crippen molar-refractivity contribution in [3.05, 3.63) is 88.4 Å². The van der Waals surface area contributed by atoms with Gasteiger partial charge >= 0.3 is 0 Å². The maximum atomic E-state index is 14.0. The predicted molar refractivity (Wildman–Crippen MR) is 161 cm³/mol. The van der Waals surface area contributed by atoms with E-state index in [1.807, 2.05) is 32.9 Å². The van der Waals surface area contributed by atoms with Crippen LogP contribution in [0, 0.1) is 6.92 Å². The minimum absolute atomic E-state index is 0.0649. The Kier molecular flexibility index (Phi) is 10.8. The molecule has 0 aliphatic rings. The number of nitrogens with one attached hydrogen (secondary N) is 1. The van der Waals surface area contributed by atoms with Crippen LogP contribution >= 0.6 is 15.9 Å². The smallest absolute Gasteiger partial charge is 0.264 e. The number of rotatable bonds is 12. The molecule has 8 nitrogen and oxygen atoms in total. The number of benzene rings is 3. The molecule has 40 heavy (non-hydrogen) atoms. The van der Waals surface area contributed by atoms with Crippen LogP contribution in [-0.2, 0) is 26.2 Å². The molecule has 214 valence electrons. The van der Waals surface area contributed by atoms with E-state index >= 15 is 0 Å². The highest BCUT2D eigenvalue weighted by atomic mass is 79.9. The van der Waals surface area contributed by atoms with E-state index < -0.39 is 28.5 Å². The van der Waals surface area contributed by atoms with E-state index in [0.29, 0.717) is 15.9 Å². The summed E-state index contributed by atoms with van der Waals surface area (Å²) in [5.74, 6) is -0.167. The molecule has 0 heterocycles. The van der Waals surface area contributed by atoms with Gasteiger partial charge in [0.25, 0.3) is 10.0 Å². The van der Waals surface area contributed by atoms with Crippen molar-refractivity contribution in [2.45, 2.75) is 57.6 Å². The van der Waals surface area contributed by atoms with E-state index in [4.69, 9.17) is 4.74 Å². The number of methoxy groups -OCH3 is 1. The second-order valence-corrected chi connectivity index (χ2v) is 12.4. The summed E-state index contributed by atoms with van der Waals surface area (Å²) in [6.07, 6.45) is 0.732. The zero-order valence-electron chi connectivity index (χ0n) is 23.4. The SMILES string of the molecule is CCC(C)NC(=O)C(C)N(Cc1ccc(OC)cc1)C(=O)CN(c1cccc(Br)c1)S(=O)(=O)c1ccc(C)cc1. The fourth-order valence-electron chi connectivity index (χ4n) is 3.97. The van der Waals surface area contributed by atoms with Gasteiger partial charge in [-0.1, -0.05) is 58.7 Å². The molecular weight excluding hydrogens is 594 g/mol. The lowest BCUT2D eigenvalue weighted by Gasteiger charge is -2.32. The Balaban J connectivity index is 2.02. The van der Waals surface area contributed by atoms with Gasteiger partial charge in [0.05, 0.1) is 17.7 Å². The number of nitrogens with zero attached hydrogens (tertiary/aromatic N) is 2. The summed E-state index contributed by atoms with van der Waals surface area (Å²) in [4.78, 5) is 28.6. The topological polar surface area (TPSA) is 96.0 Å². The van der Waals surface area contributed by atoms with Gasteiger partial charge in [-0.15, -0.1) is 0 Å². The first-order valence-electron chi connectivity index (χ1n) is 13.0. The lowest BCUT2D eigenvalue weighted by molar-refractivity contribution is -0.139. The maximum absolute atomic E-state index is 14.0. The van der Waals surface area contributed by atoms with Crippen LogP contribution in [0.1, 0.15) is 38.3 Å². The van der Waals surface area contributed by atoms with Crippen molar-refractivity contribution in [2.24, 2.45) is 0 Å². The van der Waals surface area contributed by atoms with E-state index in [0.717, 1.165) is 21.9 Å². The Bertz CT molecular complexity index is 1410. The molecule has 2 unspecified atom stereocenters. The number of amides is 2. The molecule has 10 heteroatoms. The molecule has 3 aromatic rings. The Morgan fingerprint density at radius 1 is 1.00 bits per heavy atom. The van der Waals surface area contributed by atoms with Gasteiger partial charge in [-0.25, -0.2) is 8.42 Å². The van der Waals surface area contributed by atoms with Crippen LogP contribution in [0.2, 0.25) is 0 Å². The lowest BCUT2D eigenvalue weighted by atomic mass is 10.1. The summed E-state index contributed by atoms with van der Waals surface area (Å²) >= 11 is 3.41. The van der Waals surface area contributed by atoms with Crippen LogP contribution in [0.3, 0.4) is 0 Å². The number of carbonyl (C=O) groups excluding carboxylic acids is 2. The second-order valence-electron chi connectivity index (χ2n) is 9.67. The molecule has 0 bridgehead atoms. The van der Waals surface area contributed by atoms with Crippen LogP contribution in [0.4, 0.5) is 5.69 Å². The highest BCUT2D eigenvalue weighted by molar-refractivity contribution is 9.10. The number of halogens is 1. The molecule has 3 aromatic carbocycles. The monoisotopic (exact) mass is 629 g/mol. The summed E-state index contributed by atoms with van der Waals surface area (Å²) in [5, 5.41) is 2.93. The fraction of sp³-hybridized carbons (Fsp3) is 0.333. The number of aryl methyl sites for hydroxylation is 1. The van der Waals surface area contributed by atoms with Crippen molar-refractivity contribution in [3.63, 3.8) is 0 Å². The molecule has 3 rings (SSSR count). The van der Waals surface area contributed by atoms with E-state index in [-0.39, 0.29) is 23.4 Å². The largest absolute Gasteiger partial charge is 0.497 e. The van der Waals surface area contributed by atoms with Gasteiger partial charge in [-0.2, -0.15) is 0 Å². The van der Waals surface area contributed by atoms with Gasteiger partial charge in [0.15, 0.2) is 0 Å². The highest BCUT2D eigenvalue weighted by Gasteiger charge is 2.32. The third-order valence-corrected chi connectivity index (χ3v) is 8.95. The first kappa shape index (κ1) is 31.2. The van der Waals surface area contributed by atoms with Gasteiger partial charge < -0.3 is 15.0 Å². The number of carbonyl (C=O) groups is 2. The Morgan fingerprint density at radius 2 is 1.65 bits per heavy atom. The predicted octanol–water partition coefficient (Wildman–Crippen LogP) is 5.29. The number of hydrogen-bond donors (Lipinski definition) is 1. The molecule has 0 saturated carbocycles. The van der Waals surface area contributed by atoms with Crippen molar-refractivity contribution in [2.75, 3.05) is 18.0 Å².